The van der Waals surface area contributed by atoms with Crippen molar-refractivity contribution in [3.05, 3.63) is 54.4 Å². The van der Waals surface area contributed by atoms with Crippen LogP contribution in [0.3, 0.4) is 0 Å². The van der Waals surface area contributed by atoms with Gasteiger partial charge in [0, 0.05) is 35.4 Å². The lowest BCUT2D eigenvalue weighted by atomic mass is 10.1. The number of benzene rings is 1. The first-order valence-electron chi connectivity index (χ1n) is 8.98. The van der Waals surface area contributed by atoms with Crippen molar-refractivity contribution in [2.75, 3.05) is 12.8 Å². The molecule has 5 nitrogen and oxygen atoms in total. The lowest BCUT2D eigenvalue weighted by Gasteiger charge is -2.13. The summed E-state index contributed by atoms with van der Waals surface area (Å²) in [5.41, 5.74) is 4.66. The highest BCUT2D eigenvalue weighted by molar-refractivity contribution is 7.52. The fourth-order valence-electron chi connectivity index (χ4n) is 3.43. The van der Waals surface area contributed by atoms with Crippen molar-refractivity contribution in [2.24, 2.45) is 0 Å². The maximum atomic E-state index is 11.8. The largest absolute Gasteiger partial charge is 0.340 e. The first kappa shape index (κ1) is 21.6. The van der Waals surface area contributed by atoms with Crippen LogP contribution in [0.15, 0.2) is 48.8 Å². The van der Waals surface area contributed by atoms with Crippen molar-refractivity contribution in [1.82, 2.24) is 9.55 Å². The second-order valence-corrected chi connectivity index (χ2v) is 8.35. The molecule has 7 heteroatoms. The van der Waals surface area contributed by atoms with E-state index in [9.17, 15) is 9.46 Å². The Morgan fingerprint density at radius 2 is 1.96 bits per heavy atom. The van der Waals surface area contributed by atoms with Crippen molar-refractivity contribution >= 4 is 30.9 Å². The molecule has 0 aliphatic carbocycles. The Hall–Kier alpha value is -1.65. The molecule has 1 aromatic carbocycles. The quantitative estimate of drug-likeness (QED) is 0.398. The summed E-state index contributed by atoms with van der Waals surface area (Å²) in [6.45, 7) is 4.92. The van der Waals surface area contributed by atoms with E-state index in [0.717, 1.165) is 24.2 Å². The highest BCUT2D eigenvalue weighted by Gasteiger charge is 2.19. The molecule has 1 unspecified atom stereocenters. The van der Waals surface area contributed by atoms with Gasteiger partial charge in [-0.15, -0.1) is 12.4 Å². The standard InChI is InChI=1S/C20H25N2O3P.ClH/c1-3-25-26(23,24)14-7-6-13-22-19-11-5-4-10-18(19)16(2)20(22)17-9-8-12-21-15-17;/h4-5,8-12,15H,3,6-7,13-14H2,1-2H3,(H,23,24);1H. The number of rotatable bonds is 8. The number of nitrogens with zero attached hydrogens (tertiary/aromatic N) is 2. The third kappa shape index (κ3) is 4.99. The summed E-state index contributed by atoms with van der Waals surface area (Å²) in [7, 11) is -3.45. The Kier molecular flexibility index (Phi) is 7.63. The summed E-state index contributed by atoms with van der Waals surface area (Å²) in [6.07, 6.45) is 5.31. The molecule has 0 saturated heterocycles. The van der Waals surface area contributed by atoms with Crippen LogP contribution in [-0.4, -0.2) is 27.2 Å². The SMILES string of the molecule is CCOP(=O)(O)CCCCn1c(-c2cccnc2)c(C)c2ccccc21.Cl. The molecule has 27 heavy (non-hydrogen) atoms. The number of aryl methyl sites for hydroxylation is 2. The van der Waals surface area contributed by atoms with E-state index in [0.29, 0.717) is 6.42 Å². The van der Waals surface area contributed by atoms with Crippen LogP contribution in [0.2, 0.25) is 0 Å². The summed E-state index contributed by atoms with van der Waals surface area (Å²) in [4.78, 5) is 14.0. The van der Waals surface area contributed by atoms with Crippen LogP contribution in [0, 0.1) is 6.92 Å². The average molecular weight is 409 g/mol. The summed E-state index contributed by atoms with van der Waals surface area (Å²) < 4.78 is 19.1. The number of aromatic nitrogens is 2. The van der Waals surface area contributed by atoms with Crippen LogP contribution < -0.4 is 0 Å². The zero-order valence-corrected chi connectivity index (χ0v) is 17.4. The number of hydrogen-bond acceptors (Lipinski definition) is 3. The Morgan fingerprint density at radius 3 is 2.67 bits per heavy atom. The van der Waals surface area contributed by atoms with Gasteiger partial charge in [0.1, 0.15) is 0 Å². The maximum absolute atomic E-state index is 11.8. The van der Waals surface area contributed by atoms with Crippen molar-refractivity contribution in [1.29, 1.82) is 0 Å². The molecule has 2 heterocycles. The number of fused-ring (bicyclic) bond motifs is 1. The minimum absolute atomic E-state index is 0. The van der Waals surface area contributed by atoms with Crippen LogP contribution in [-0.2, 0) is 15.6 Å². The Bertz CT molecular complexity index is 928. The highest BCUT2D eigenvalue weighted by Crippen LogP contribution is 2.42. The second kappa shape index (κ2) is 9.52. The molecule has 2 aromatic heterocycles. The van der Waals surface area contributed by atoms with E-state index in [-0.39, 0.29) is 25.2 Å². The fraction of sp³-hybridized carbons (Fsp3) is 0.350. The molecule has 0 bridgehead atoms. The number of para-hydroxylation sites is 1. The van der Waals surface area contributed by atoms with Gasteiger partial charge < -0.3 is 14.0 Å². The lowest BCUT2D eigenvalue weighted by molar-refractivity contribution is 0.272. The van der Waals surface area contributed by atoms with Gasteiger partial charge in [-0.3, -0.25) is 9.55 Å². The zero-order chi connectivity index (χ0) is 18.6. The third-order valence-electron chi connectivity index (χ3n) is 4.56. The van der Waals surface area contributed by atoms with E-state index in [4.69, 9.17) is 4.52 Å². The van der Waals surface area contributed by atoms with Gasteiger partial charge >= 0.3 is 7.60 Å². The van der Waals surface area contributed by atoms with Gasteiger partial charge in [0.05, 0.1) is 18.5 Å². The monoisotopic (exact) mass is 408 g/mol. The minimum Gasteiger partial charge on any atom is -0.340 e. The van der Waals surface area contributed by atoms with Crippen LogP contribution >= 0.6 is 20.0 Å². The molecule has 0 aliphatic rings. The smallest absolute Gasteiger partial charge is 0.328 e. The van der Waals surface area contributed by atoms with Crippen molar-refractivity contribution in [2.45, 2.75) is 33.2 Å². The van der Waals surface area contributed by atoms with E-state index < -0.39 is 7.60 Å². The molecular formula is C20H26ClN2O3P. The van der Waals surface area contributed by atoms with E-state index in [2.05, 4.69) is 40.7 Å². The van der Waals surface area contributed by atoms with Gasteiger partial charge in [-0.1, -0.05) is 18.2 Å². The molecule has 0 radical (unpaired) electrons. The molecule has 0 amide bonds. The van der Waals surface area contributed by atoms with Crippen molar-refractivity contribution in [3.8, 4) is 11.3 Å². The maximum Gasteiger partial charge on any atom is 0.328 e. The average Bonchev–Trinajstić information content (AvgIpc) is 2.92. The number of unbranched alkanes of at least 4 members (excludes halogenated alkanes) is 1. The molecule has 3 aromatic rings. The zero-order valence-electron chi connectivity index (χ0n) is 15.7. The minimum atomic E-state index is -3.45. The molecule has 3 rings (SSSR count). The van der Waals surface area contributed by atoms with Crippen molar-refractivity contribution in [3.63, 3.8) is 0 Å². The van der Waals surface area contributed by atoms with Gasteiger partial charge in [-0.25, -0.2) is 0 Å². The second-order valence-electron chi connectivity index (χ2n) is 6.37. The Labute approximate surface area is 166 Å². The van der Waals surface area contributed by atoms with Gasteiger partial charge in [0.2, 0.25) is 0 Å². The van der Waals surface area contributed by atoms with Gasteiger partial charge in [-0.2, -0.15) is 0 Å². The summed E-state index contributed by atoms with van der Waals surface area (Å²) in [6, 6.07) is 12.4. The Morgan fingerprint density at radius 1 is 1.19 bits per heavy atom. The highest BCUT2D eigenvalue weighted by atomic mass is 35.5. The normalized spacial score (nSPS) is 13.3. The number of halogens is 1. The van der Waals surface area contributed by atoms with Crippen LogP contribution in [0.25, 0.3) is 22.2 Å². The summed E-state index contributed by atoms with van der Waals surface area (Å²) >= 11 is 0. The molecule has 0 aliphatic heterocycles. The van der Waals surface area contributed by atoms with Crippen LogP contribution in [0.1, 0.15) is 25.3 Å². The molecule has 146 valence electrons. The molecule has 1 N–H and O–H groups in total. The lowest BCUT2D eigenvalue weighted by Crippen LogP contribution is -2.03. The van der Waals surface area contributed by atoms with Crippen molar-refractivity contribution < 1.29 is 14.0 Å². The van der Waals surface area contributed by atoms with E-state index in [1.165, 1.54) is 16.5 Å². The Balaban J connectivity index is 0.00000261. The van der Waals surface area contributed by atoms with E-state index in [1.807, 2.05) is 18.3 Å². The van der Waals surface area contributed by atoms with E-state index >= 15 is 0 Å². The number of pyridine rings is 1. The summed E-state index contributed by atoms with van der Waals surface area (Å²) in [5, 5.41) is 1.23. The molecule has 0 saturated carbocycles. The predicted octanol–water partition coefficient (Wildman–Crippen LogP) is 5.44. The molecule has 0 fully saturated rings. The first-order valence-corrected chi connectivity index (χ1v) is 10.7. The fourth-order valence-corrected chi connectivity index (χ4v) is 4.59. The topological polar surface area (TPSA) is 64.3 Å². The van der Waals surface area contributed by atoms with Crippen LogP contribution in [0.4, 0.5) is 0 Å². The van der Waals surface area contributed by atoms with Gasteiger partial charge in [-0.05, 0) is 50.5 Å². The van der Waals surface area contributed by atoms with E-state index in [1.54, 1.807) is 13.1 Å². The number of hydrogen-bond donors (Lipinski definition) is 1. The third-order valence-corrected chi connectivity index (χ3v) is 6.11. The van der Waals surface area contributed by atoms with Gasteiger partial charge in [0.15, 0.2) is 0 Å². The van der Waals surface area contributed by atoms with Crippen LogP contribution in [0.5, 0.6) is 0 Å². The predicted molar refractivity (Wildman–Crippen MR) is 113 cm³/mol. The molecule has 1 atom stereocenters. The molecular weight excluding hydrogens is 383 g/mol. The molecule has 0 spiro atoms. The summed E-state index contributed by atoms with van der Waals surface area (Å²) in [5.74, 6) is 0. The first-order chi connectivity index (χ1) is 12.5. The van der Waals surface area contributed by atoms with Gasteiger partial charge in [0.25, 0.3) is 0 Å².